The summed E-state index contributed by atoms with van der Waals surface area (Å²) in [6.45, 7) is 4.65. The molecule has 1 heterocycles. The standard InChI is InChI=1S/C20H22N4O2S/c1-3-14(2)16-11-7-8-12-17(16)26-13-18-23-24-20(27-18)22-19(25)21-15-9-5-4-6-10-15/h4-12,14H,3,13H2,1-2H3,(H2,21,22,24,25). The largest absolute Gasteiger partial charge is 0.486 e. The van der Waals surface area contributed by atoms with Crippen molar-refractivity contribution in [3.8, 4) is 5.75 Å². The van der Waals surface area contributed by atoms with Gasteiger partial charge in [0, 0.05) is 5.69 Å². The van der Waals surface area contributed by atoms with E-state index in [4.69, 9.17) is 4.74 Å². The van der Waals surface area contributed by atoms with Crippen LogP contribution in [0.2, 0.25) is 0 Å². The molecule has 0 saturated heterocycles. The molecule has 1 aromatic heterocycles. The Bertz CT molecular complexity index is 882. The van der Waals surface area contributed by atoms with Crippen LogP contribution in [-0.4, -0.2) is 16.2 Å². The topological polar surface area (TPSA) is 76.1 Å². The number of benzene rings is 2. The van der Waals surface area contributed by atoms with Crippen LogP contribution in [0.5, 0.6) is 5.75 Å². The van der Waals surface area contributed by atoms with Crippen molar-refractivity contribution in [3.05, 3.63) is 65.2 Å². The quantitative estimate of drug-likeness (QED) is 0.583. The molecule has 0 radical (unpaired) electrons. The molecule has 2 aromatic carbocycles. The lowest BCUT2D eigenvalue weighted by Crippen LogP contribution is -2.19. The number of amides is 2. The van der Waals surface area contributed by atoms with Gasteiger partial charge < -0.3 is 10.1 Å². The lowest BCUT2D eigenvalue weighted by molar-refractivity contribution is 0.262. The van der Waals surface area contributed by atoms with E-state index in [1.54, 1.807) is 0 Å². The minimum atomic E-state index is -0.355. The molecule has 2 amide bonds. The third kappa shape index (κ3) is 5.27. The zero-order valence-corrected chi connectivity index (χ0v) is 16.1. The van der Waals surface area contributed by atoms with E-state index in [-0.39, 0.29) is 6.03 Å². The molecule has 1 atom stereocenters. The van der Waals surface area contributed by atoms with E-state index < -0.39 is 0 Å². The molecule has 7 heteroatoms. The van der Waals surface area contributed by atoms with E-state index in [0.29, 0.717) is 28.4 Å². The molecule has 3 aromatic rings. The van der Waals surface area contributed by atoms with Crippen molar-refractivity contribution in [2.24, 2.45) is 0 Å². The maximum absolute atomic E-state index is 12.0. The number of hydrogen-bond acceptors (Lipinski definition) is 5. The minimum absolute atomic E-state index is 0.313. The summed E-state index contributed by atoms with van der Waals surface area (Å²) >= 11 is 1.29. The van der Waals surface area contributed by atoms with Crippen LogP contribution < -0.4 is 15.4 Å². The van der Waals surface area contributed by atoms with E-state index in [0.717, 1.165) is 12.2 Å². The number of carbonyl (C=O) groups excluding carboxylic acids is 1. The molecule has 0 aliphatic rings. The van der Waals surface area contributed by atoms with E-state index in [1.807, 2.05) is 48.5 Å². The average molecular weight is 382 g/mol. The second-order valence-corrected chi connectivity index (χ2v) is 7.14. The van der Waals surface area contributed by atoms with Crippen LogP contribution in [0.4, 0.5) is 15.6 Å². The van der Waals surface area contributed by atoms with Gasteiger partial charge in [0.25, 0.3) is 0 Å². The maximum Gasteiger partial charge on any atom is 0.325 e. The molecule has 0 fully saturated rings. The Hall–Kier alpha value is -2.93. The summed E-state index contributed by atoms with van der Waals surface area (Å²) in [6.07, 6.45) is 1.05. The van der Waals surface area contributed by atoms with Crippen molar-refractivity contribution in [2.75, 3.05) is 10.6 Å². The lowest BCUT2D eigenvalue weighted by atomic mass is 9.98. The number of ether oxygens (including phenoxy) is 1. The molecule has 2 N–H and O–H groups in total. The third-order valence-electron chi connectivity index (χ3n) is 4.13. The molecular formula is C20H22N4O2S. The fourth-order valence-corrected chi connectivity index (χ4v) is 3.17. The van der Waals surface area contributed by atoms with Gasteiger partial charge in [-0.25, -0.2) is 4.79 Å². The molecule has 27 heavy (non-hydrogen) atoms. The van der Waals surface area contributed by atoms with E-state index in [9.17, 15) is 4.79 Å². The smallest absolute Gasteiger partial charge is 0.325 e. The highest BCUT2D eigenvalue weighted by Gasteiger charge is 2.12. The molecular weight excluding hydrogens is 360 g/mol. The number of carbonyl (C=O) groups is 1. The molecule has 0 spiro atoms. The van der Waals surface area contributed by atoms with Crippen LogP contribution in [0, 0.1) is 0 Å². The molecule has 1 unspecified atom stereocenters. The first-order valence-electron chi connectivity index (χ1n) is 8.83. The van der Waals surface area contributed by atoms with E-state index >= 15 is 0 Å². The van der Waals surface area contributed by atoms with Gasteiger partial charge in [-0.3, -0.25) is 5.32 Å². The molecule has 0 saturated carbocycles. The fraction of sp³-hybridized carbons (Fsp3) is 0.250. The number of nitrogens with zero attached hydrogens (tertiary/aromatic N) is 2. The Morgan fingerprint density at radius 1 is 1.07 bits per heavy atom. The summed E-state index contributed by atoms with van der Waals surface area (Å²) in [7, 11) is 0. The number of rotatable bonds is 7. The van der Waals surface area contributed by atoms with Crippen LogP contribution in [0.1, 0.15) is 36.8 Å². The van der Waals surface area contributed by atoms with E-state index in [2.05, 4.69) is 40.7 Å². The number of hydrogen-bond donors (Lipinski definition) is 2. The fourth-order valence-electron chi connectivity index (χ4n) is 2.52. The molecule has 0 aliphatic carbocycles. The number of anilines is 2. The first-order chi connectivity index (χ1) is 13.2. The summed E-state index contributed by atoms with van der Waals surface area (Å²) in [5.74, 6) is 1.29. The van der Waals surface area contributed by atoms with Gasteiger partial charge in [-0.15, -0.1) is 10.2 Å². The van der Waals surface area contributed by atoms with Crippen LogP contribution in [0.15, 0.2) is 54.6 Å². The van der Waals surface area contributed by atoms with Crippen LogP contribution in [0.3, 0.4) is 0 Å². The van der Waals surface area contributed by atoms with Crippen LogP contribution in [-0.2, 0) is 6.61 Å². The van der Waals surface area contributed by atoms with Gasteiger partial charge in [0.15, 0.2) is 5.01 Å². The highest BCUT2D eigenvalue weighted by molar-refractivity contribution is 7.15. The van der Waals surface area contributed by atoms with Gasteiger partial charge in [-0.05, 0) is 36.1 Å². The normalized spacial score (nSPS) is 11.6. The highest BCUT2D eigenvalue weighted by atomic mass is 32.1. The Balaban J connectivity index is 1.56. The molecule has 140 valence electrons. The monoisotopic (exact) mass is 382 g/mol. The van der Waals surface area contributed by atoms with E-state index in [1.165, 1.54) is 16.9 Å². The van der Waals surface area contributed by atoms with Crippen molar-refractivity contribution in [2.45, 2.75) is 32.8 Å². The van der Waals surface area contributed by atoms with Gasteiger partial charge in [0.1, 0.15) is 12.4 Å². The highest BCUT2D eigenvalue weighted by Crippen LogP contribution is 2.29. The first-order valence-corrected chi connectivity index (χ1v) is 9.64. The average Bonchev–Trinajstić information content (AvgIpc) is 3.14. The summed E-state index contributed by atoms with van der Waals surface area (Å²) in [6, 6.07) is 16.9. The Kier molecular flexibility index (Phi) is 6.38. The second-order valence-electron chi connectivity index (χ2n) is 6.08. The second kappa shape index (κ2) is 9.14. The van der Waals surface area contributed by atoms with Crippen molar-refractivity contribution in [3.63, 3.8) is 0 Å². The van der Waals surface area contributed by atoms with Gasteiger partial charge in [-0.1, -0.05) is 61.6 Å². The summed E-state index contributed by atoms with van der Waals surface area (Å²) in [4.78, 5) is 12.0. The Morgan fingerprint density at radius 2 is 1.81 bits per heavy atom. The molecule has 6 nitrogen and oxygen atoms in total. The predicted molar refractivity (Wildman–Crippen MR) is 108 cm³/mol. The predicted octanol–water partition coefficient (Wildman–Crippen LogP) is 5.27. The van der Waals surface area contributed by atoms with Crippen molar-refractivity contribution in [1.82, 2.24) is 10.2 Å². The van der Waals surface area contributed by atoms with Crippen molar-refractivity contribution in [1.29, 1.82) is 0 Å². The van der Waals surface area contributed by atoms with Gasteiger partial charge >= 0.3 is 6.03 Å². The number of aromatic nitrogens is 2. The number of urea groups is 1. The third-order valence-corrected chi connectivity index (χ3v) is 4.94. The number of para-hydroxylation sites is 2. The maximum atomic E-state index is 12.0. The van der Waals surface area contributed by atoms with Crippen molar-refractivity contribution >= 4 is 28.2 Å². The zero-order chi connectivity index (χ0) is 19.1. The van der Waals surface area contributed by atoms with Gasteiger partial charge in [0.2, 0.25) is 5.13 Å². The summed E-state index contributed by atoms with van der Waals surface area (Å²) in [5, 5.41) is 14.6. The van der Waals surface area contributed by atoms with Gasteiger partial charge in [-0.2, -0.15) is 0 Å². The minimum Gasteiger partial charge on any atom is -0.486 e. The first kappa shape index (κ1) is 18.8. The molecule has 3 rings (SSSR count). The number of nitrogens with one attached hydrogen (secondary N) is 2. The summed E-state index contributed by atoms with van der Waals surface area (Å²) in [5.41, 5.74) is 1.90. The van der Waals surface area contributed by atoms with Crippen molar-refractivity contribution < 1.29 is 9.53 Å². The SMILES string of the molecule is CCC(C)c1ccccc1OCc1nnc(NC(=O)Nc2ccccc2)s1. The Labute approximate surface area is 162 Å². The van der Waals surface area contributed by atoms with Crippen LogP contribution >= 0.6 is 11.3 Å². The molecule has 0 bridgehead atoms. The Morgan fingerprint density at radius 3 is 2.59 bits per heavy atom. The zero-order valence-electron chi connectivity index (χ0n) is 15.3. The summed E-state index contributed by atoms with van der Waals surface area (Å²) < 4.78 is 5.94. The molecule has 0 aliphatic heterocycles. The lowest BCUT2D eigenvalue weighted by Gasteiger charge is -2.14. The van der Waals surface area contributed by atoms with Gasteiger partial charge in [0.05, 0.1) is 0 Å². The van der Waals surface area contributed by atoms with Crippen LogP contribution in [0.25, 0.3) is 0 Å².